The molecule has 0 N–H and O–H groups in total. The first-order valence-corrected chi connectivity index (χ1v) is 10.0. The first-order chi connectivity index (χ1) is 15.1. The monoisotopic (exact) mass is 465 g/mol. The number of aromatic nitrogens is 1. The van der Waals surface area contributed by atoms with Gasteiger partial charge in [0.25, 0.3) is 0 Å². The minimum atomic E-state index is -4.64. The Morgan fingerprint density at radius 2 is 1.81 bits per heavy atom. The van der Waals surface area contributed by atoms with Gasteiger partial charge in [0.1, 0.15) is 11.6 Å². The highest BCUT2D eigenvalue weighted by molar-refractivity contribution is 6.31. The maximum Gasteiger partial charge on any atom is 0.417 e. The van der Waals surface area contributed by atoms with Gasteiger partial charge in [-0.25, -0.2) is 14.4 Å². The molecule has 1 heterocycles. The van der Waals surface area contributed by atoms with Gasteiger partial charge in [-0.2, -0.15) is 13.2 Å². The molecule has 0 aliphatic carbocycles. The lowest BCUT2D eigenvalue weighted by Crippen LogP contribution is -2.14. The van der Waals surface area contributed by atoms with Crippen LogP contribution in [0, 0.1) is 12.7 Å². The van der Waals surface area contributed by atoms with Crippen molar-refractivity contribution in [2.45, 2.75) is 20.0 Å². The molecule has 0 bridgehead atoms. The fourth-order valence-electron chi connectivity index (χ4n) is 2.76. The molecular weight excluding hydrogens is 446 g/mol. The van der Waals surface area contributed by atoms with Gasteiger partial charge in [-0.3, -0.25) is 0 Å². The van der Waals surface area contributed by atoms with Gasteiger partial charge in [0.05, 0.1) is 28.3 Å². The van der Waals surface area contributed by atoms with E-state index in [9.17, 15) is 17.6 Å². The molecule has 0 saturated heterocycles. The quantitative estimate of drug-likeness (QED) is 0.218. The van der Waals surface area contributed by atoms with Gasteiger partial charge in [-0.1, -0.05) is 23.7 Å². The molecule has 0 spiro atoms. The van der Waals surface area contributed by atoms with Gasteiger partial charge in [0.2, 0.25) is 5.88 Å². The first-order valence-electron chi connectivity index (χ1n) is 9.65. The van der Waals surface area contributed by atoms with E-state index in [1.807, 2.05) is 18.9 Å². The van der Waals surface area contributed by atoms with Crippen LogP contribution in [0.5, 0.6) is 11.6 Å². The smallest absolute Gasteiger partial charge is 0.417 e. The number of benzene rings is 2. The Morgan fingerprint density at radius 1 is 1.12 bits per heavy atom. The second-order valence-corrected chi connectivity index (χ2v) is 7.42. The molecular formula is C23H20ClF4N3O. The minimum absolute atomic E-state index is 0.0624. The Hall–Kier alpha value is -3.13. The Balaban J connectivity index is 2.09. The summed E-state index contributed by atoms with van der Waals surface area (Å²) in [5.74, 6) is -0.446. The second-order valence-electron chi connectivity index (χ2n) is 7.01. The molecule has 0 fully saturated rings. The fraction of sp³-hybridized carbons (Fsp3) is 0.217. The lowest BCUT2D eigenvalue weighted by Gasteiger charge is -2.15. The van der Waals surface area contributed by atoms with Crippen LogP contribution >= 0.6 is 11.6 Å². The molecule has 3 rings (SSSR count). The lowest BCUT2D eigenvalue weighted by atomic mass is 10.1. The Kier molecular flexibility index (Phi) is 7.03. The largest absolute Gasteiger partial charge is 0.438 e. The molecule has 32 heavy (non-hydrogen) atoms. The average Bonchev–Trinajstić information content (AvgIpc) is 2.74. The van der Waals surface area contributed by atoms with E-state index in [1.54, 1.807) is 19.3 Å². The molecule has 9 heteroatoms. The molecule has 3 aromatic rings. The van der Waals surface area contributed by atoms with Crippen LogP contribution in [-0.4, -0.2) is 29.8 Å². The SMILES string of the molecule is CCN(C)C=Nc1cc(-c2ccc(F)cc2)c(Oc2ccc(Cl)c(C(F)(F)F)c2)nc1C. The maximum absolute atomic E-state index is 13.4. The molecule has 0 unspecified atom stereocenters. The van der Waals surface area contributed by atoms with Crippen LogP contribution in [0.25, 0.3) is 11.1 Å². The van der Waals surface area contributed by atoms with Gasteiger partial charge < -0.3 is 9.64 Å². The summed E-state index contributed by atoms with van der Waals surface area (Å²) in [5, 5.41) is -0.433. The summed E-state index contributed by atoms with van der Waals surface area (Å²) in [7, 11) is 1.86. The molecule has 4 nitrogen and oxygen atoms in total. The number of ether oxygens (including phenoxy) is 1. The standard InChI is InChI=1S/C23H20ClF4N3O/c1-4-31(3)13-29-21-12-18(15-5-7-16(25)8-6-15)22(30-14(21)2)32-17-9-10-20(24)19(11-17)23(26,27)28/h5-13H,4H2,1-3H3. The summed E-state index contributed by atoms with van der Waals surface area (Å²) in [6, 6.07) is 10.6. The van der Waals surface area contributed by atoms with Crippen molar-refractivity contribution in [3.63, 3.8) is 0 Å². The van der Waals surface area contributed by atoms with E-state index in [1.165, 1.54) is 30.3 Å². The van der Waals surface area contributed by atoms with E-state index in [0.717, 1.165) is 18.7 Å². The molecule has 0 saturated carbocycles. The molecule has 0 amide bonds. The summed E-state index contributed by atoms with van der Waals surface area (Å²) < 4.78 is 58.9. The van der Waals surface area contributed by atoms with Crippen LogP contribution in [0.3, 0.4) is 0 Å². The number of nitrogens with zero attached hydrogens (tertiary/aromatic N) is 3. The maximum atomic E-state index is 13.4. The number of hydrogen-bond donors (Lipinski definition) is 0. The third kappa shape index (κ3) is 5.56. The number of alkyl halides is 3. The molecule has 168 valence electrons. The van der Waals surface area contributed by atoms with Gasteiger partial charge in [-0.15, -0.1) is 0 Å². The van der Waals surface area contributed by atoms with Crippen LogP contribution in [0.15, 0.2) is 53.5 Å². The number of rotatable bonds is 6. The third-order valence-electron chi connectivity index (χ3n) is 4.66. The van der Waals surface area contributed by atoms with Gasteiger partial charge in [0, 0.05) is 19.2 Å². The van der Waals surface area contributed by atoms with Gasteiger partial charge in [-0.05, 0) is 55.8 Å². The number of hydrogen-bond acceptors (Lipinski definition) is 3. The first kappa shape index (κ1) is 23.5. The van der Waals surface area contributed by atoms with Crippen molar-refractivity contribution >= 4 is 23.6 Å². The second kappa shape index (κ2) is 9.56. The normalized spacial score (nSPS) is 11.8. The van der Waals surface area contributed by atoms with Gasteiger partial charge >= 0.3 is 6.18 Å². The predicted octanol–water partition coefficient (Wildman–Crippen LogP) is 7.27. The zero-order valence-electron chi connectivity index (χ0n) is 17.5. The average molecular weight is 466 g/mol. The van der Waals surface area contributed by atoms with Crippen molar-refractivity contribution in [2.24, 2.45) is 4.99 Å². The highest BCUT2D eigenvalue weighted by Gasteiger charge is 2.33. The van der Waals surface area contributed by atoms with Crippen LogP contribution in [0.2, 0.25) is 5.02 Å². The van der Waals surface area contributed by atoms with Crippen molar-refractivity contribution in [1.29, 1.82) is 0 Å². The minimum Gasteiger partial charge on any atom is -0.438 e. The number of halogens is 5. The van der Waals surface area contributed by atoms with Crippen molar-refractivity contribution < 1.29 is 22.3 Å². The lowest BCUT2D eigenvalue weighted by molar-refractivity contribution is -0.137. The van der Waals surface area contributed by atoms with E-state index in [-0.39, 0.29) is 11.6 Å². The number of aliphatic imine (C=N–C) groups is 1. The summed E-state index contributed by atoms with van der Waals surface area (Å²) in [6.45, 7) is 4.43. The van der Waals surface area contributed by atoms with E-state index in [2.05, 4.69) is 9.98 Å². The zero-order valence-corrected chi connectivity index (χ0v) is 18.3. The fourth-order valence-corrected chi connectivity index (χ4v) is 2.98. The topological polar surface area (TPSA) is 37.7 Å². The van der Waals surface area contributed by atoms with Crippen LogP contribution in [0.1, 0.15) is 18.2 Å². The van der Waals surface area contributed by atoms with Crippen LogP contribution < -0.4 is 4.74 Å². The Labute approximate surface area is 188 Å². The van der Waals surface area contributed by atoms with Crippen molar-refractivity contribution in [2.75, 3.05) is 13.6 Å². The van der Waals surface area contributed by atoms with Crippen LogP contribution in [-0.2, 0) is 6.18 Å². The van der Waals surface area contributed by atoms with Gasteiger partial charge in [0.15, 0.2) is 0 Å². The molecule has 2 aromatic carbocycles. The highest BCUT2D eigenvalue weighted by atomic mass is 35.5. The Bertz CT molecular complexity index is 1130. The van der Waals surface area contributed by atoms with E-state index in [0.29, 0.717) is 22.5 Å². The van der Waals surface area contributed by atoms with Crippen LogP contribution in [0.4, 0.5) is 23.2 Å². The molecule has 0 radical (unpaired) electrons. The third-order valence-corrected chi connectivity index (χ3v) is 4.99. The summed E-state index contributed by atoms with van der Waals surface area (Å²) >= 11 is 5.70. The molecule has 0 atom stereocenters. The van der Waals surface area contributed by atoms with Crippen molar-refractivity contribution in [3.05, 3.63) is 70.6 Å². The van der Waals surface area contributed by atoms with Crippen molar-refractivity contribution in [1.82, 2.24) is 9.88 Å². The summed E-state index contributed by atoms with van der Waals surface area (Å²) in [4.78, 5) is 10.7. The summed E-state index contributed by atoms with van der Waals surface area (Å²) in [5.41, 5.74) is 1.06. The number of aryl methyl sites for hydroxylation is 1. The van der Waals surface area contributed by atoms with E-state index in [4.69, 9.17) is 16.3 Å². The van der Waals surface area contributed by atoms with E-state index < -0.39 is 22.6 Å². The predicted molar refractivity (Wildman–Crippen MR) is 117 cm³/mol. The molecule has 1 aromatic heterocycles. The highest BCUT2D eigenvalue weighted by Crippen LogP contribution is 2.40. The van der Waals surface area contributed by atoms with E-state index >= 15 is 0 Å². The number of pyridine rings is 1. The van der Waals surface area contributed by atoms with Crippen molar-refractivity contribution in [3.8, 4) is 22.8 Å². The summed E-state index contributed by atoms with van der Waals surface area (Å²) in [6.07, 6.45) is -2.99. The molecule has 0 aliphatic heterocycles. The zero-order chi connectivity index (χ0) is 23.5. The molecule has 0 aliphatic rings. The Morgan fingerprint density at radius 3 is 2.44 bits per heavy atom.